The van der Waals surface area contributed by atoms with Crippen molar-refractivity contribution in [2.45, 2.75) is 19.9 Å². The lowest BCUT2D eigenvalue weighted by molar-refractivity contribution is -0.135. The summed E-state index contributed by atoms with van der Waals surface area (Å²) in [6, 6.07) is 3.71. The smallest absolute Gasteiger partial charge is 0.227 e. The lowest BCUT2D eigenvalue weighted by Crippen LogP contribution is -2.52. The predicted octanol–water partition coefficient (Wildman–Crippen LogP) is -0.244. The largest absolute Gasteiger partial charge is 0.352 e. The molecular formula is C14H21N7O. The van der Waals surface area contributed by atoms with E-state index in [-0.39, 0.29) is 17.9 Å². The maximum atomic E-state index is 12.3. The molecule has 2 aromatic rings. The van der Waals surface area contributed by atoms with Gasteiger partial charge in [0.05, 0.1) is 5.92 Å². The number of aromatic nitrogens is 4. The highest BCUT2D eigenvalue weighted by Crippen LogP contribution is 2.15. The van der Waals surface area contributed by atoms with Crippen LogP contribution in [0.15, 0.2) is 18.5 Å². The number of hydrogen-bond acceptors (Lipinski definition) is 6. The zero-order valence-electron chi connectivity index (χ0n) is 12.9. The lowest BCUT2D eigenvalue weighted by atomic mass is 10.0. The highest BCUT2D eigenvalue weighted by molar-refractivity contribution is 5.79. The van der Waals surface area contributed by atoms with Crippen molar-refractivity contribution in [2.24, 2.45) is 11.7 Å². The molecule has 1 aliphatic heterocycles. The normalized spacial score (nSPS) is 18.5. The molecule has 22 heavy (non-hydrogen) atoms. The maximum Gasteiger partial charge on any atom is 0.227 e. The van der Waals surface area contributed by atoms with E-state index in [4.69, 9.17) is 5.73 Å². The summed E-state index contributed by atoms with van der Waals surface area (Å²) in [6.07, 6.45) is 1.59. The van der Waals surface area contributed by atoms with Crippen molar-refractivity contribution in [3.63, 3.8) is 0 Å². The third kappa shape index (κ3) is 2.74. The topological polar surface area (TPSA) is 92.7 Å². The number of nitrogens with zero attached hydrogens (tertiary/aromatic N) is 6. The van der Waals surface area contributed by atoms with Gasteiger partial charge in [0.1, 0.15) is 12.1 Å². The van der Waals surface area contributed by atoms with Gasteiger partial charge in [-0.05, 0) is 19.1 Å². The van der Waals surface area contributed by atoms with Crippen molar-refractivity contribution in [2.75, 3.05) is 31.1 Å². The van der Waals surface area contributed by atoms with Gasteiger partial charge in [-0.2, -0.15) is 4.52 Å². The number of nitrogens with two attached hydrogens (primary N) is 1. The lowest BCUT2D eigenvalue weighted by Gasteiger charge is -2.36. The van der Waals surface area contributed by atoms with Crippen LogP contribution in [0.3, 0.4) is 0 Å². The molecule has 1 aliphatic rings. The fourth-order valence-electron chi connectivity index (χ4n) is 2.56. The second kappa shape index (κ2) is 5.88. The Balaban J connectivity index is 1.65. The second-order valence-electron chi connectivity index (χ2n) is 5.79. The molecule has 0 saturated carbocycles. The molecule has 1 amide bonds. The highest BCUT2D eigenvalue weighted by atomic mass is 16.2. The first kappa shape index (κ1) is 14.7. The molecule has 2 unspecified atom stereocenters. The van der Waals surface area contributed by atoms with E-state index in [2.05, 4.69) is 20.2 Å². The van der Waals surface area contributed by atoms with Gasteiger partial charge in [0.2, 0.25) is 5.91 Å². The predicted molar refractivity (Wildman–Crippen MR) is 82.4 cm³/mol. The van der Waals surface area contributed by atoms with E-state index in [9.17, 15) is 4.79 Å². The van der Waals surface area contributed by atoms with Crippen molar-refractivity contribution in [1.82, 2.24) is 24.7 Å². The monoisotopic (exact) mass is 303 g/mol. The van der Waals surface area contributed by atoms with Crippen LogP contribution in [-0.4, -0.2) is 62.8 Å². The van der Waals surface area contributed by atoms with Gasteiger partial charge in [0.15, 0.2) is 5.65 Å². The zero-order valence-corrected chi connectivity index (χ0v) is 12.9. The number of hydrogen-bond donors (Lipinski definition) is 1. The molecule has 1 fully saturated rings. The van der Waals surface area contributed by atoms with Crippen molar-refractivity contribution >= 4 is 17.4 Å². The summed E-state index contributed by atoms with van der Waals surface area (Å²) in [5.74, 6) is 0.870. The van der Waals surface area contributed by atoms with Crippen LogP contribution >= 0.6 is 0 Å². The SMILES string of the molecule is CC(N)C(C)C(=O)N1CCN(c2ccc3nncn3n2)CC1. The molecule has 0 radical (unpaired) electrons. The fraction of sp³-hybridized carbons (Fsp3) is 0.571. The second-order valence-corrected chi connectivity index (χ2v) is 5.79. The van der Waals surface area contributed by atoms with Crippen LogP contribution in [0.4, 0.5) is 5.82 Å². The van der Waals surface area contributed by atoms with E-state index in [0.717, 1.165) is 24.6 Å². The summed E-state index contributed by atoms with van der Waals surface area (Å²) in [5, 5.41) is 12.3. The van der Waals surface area contributed by atoms with Gasteiger partial charge in [0.25, 0.3) is 0 Å². The molecule has 2 aromatic heterocycles. The van der Waals surface area contributed by atoms with E-state index in [1.165, 1.54) is 0 Å². The van der Waals surface area contributed by atoms with Gasteiger partial charge >= 0.3 is 0 Å². The zero-order chi connectivity index (χ0) is 15.7. The third-order valence-electron chi connectivity index (χ3n) is 4.24. The van der Waals surface area contributed by atoms with Crippen LogP contribution in [0.5, 0.6) is 0 Å². The van der Waals surface area contributed by atoms with Crippen LogP contribution in [0.2, 0.25) is 0 Å². The van der Waals surface area contributed by atoms with Gasteiger partial charge in [0, 0.05) is 32.2 Å². The van der Waals surface area contributed by atoms with E-state index < -0.39 is 0 Å². The molecule has 118 valence electrons. The molecule has 0 aliphatic carbocycles. The van der Waals surface area contributed by atoms with Crippen LogP contribution in [-0.2, 0) is 4.79 Å². The van der Waals surface area contributed by atoms with E-state index in [0.29, 0.717) is 13.1 Å². The summed E-state index contributed by atoms with van der Waals surface area (Å²) < 4.78 is 1.66. The molecule has 8 nitrogen and oxygen atoms in total. The average Bonchev–Trinajstić information content (AvgIpc) is 3.01. The van der Waals surface area contributed by atoms with Crippen molar-refractivity contribution in [3.05, 3.63) is 18.5 Å². The number of carbonyl (C=O) groups excluding carboxylic acids is 1. The summed E-state index contributed by atoms with van der Waals surface area (Å²) >= 11 is 0. The number of anilines is 1. The Bertz CT molecular complexity index is 660. The van der Waals surface area contributed by atoms with Crippen molar-refractivity contribution < 1.29 is 4.79 Å². The van der Waals surface area contributed by atoms with E-state index in [1.54, 1.807) is 10.8 Å². The molecule has 0 aromatic carbocycles. The maximum absolute atomic E-state index is 12.3. The van der Waals surface area contributed by atoms with Gasteiger partial charge < -0.3 is 15.5 Å². The summed E-state index contributed by atoms with van der Waals surface area (Å²) in [5.41, 5.74) is 6.55. The number of rotatable bonds is 3. The van der Waals surface area contributed by atoms with Crippen LogP contribution in [0.1, 0.15) is 13.8 Å². The molecule has 1 saturated heterocycles. The average molecular weight is 303 g/mol. The fourth-order valence-corrected chi connectivity index (χ4v) is 2.56. The quantitative estimate of drug-likeness (QED) is 0.841. The first-order chi connectivity index (χ1) is 10.6. The molecule has 0 bridgehead atoms. The Kier molecular flexibility index (Phi) is 3.93. The summed E-state index contributed by atoms with van der Waals surface area (Å²) in [4.78, 5) is 16.4. The van der Waals surface area contributed by atoms with Gasteiger partial charge in [-0.1, -0.05) is 6.92 Å². The highest BCUT2D eigenvalue weighted by Gasteiger charge is 2.27. The minimum Gasteiger partial charge on any atom is -0.352 e. The Labute approximate surface area is 128 Å². The molecule has 8 heteroatoms. The molecule has 3 rings (SSSR count). The van der Waals surface area contributed by atoms with Crippen LogP contribution < -0.4 is 10.6 Å². The van der Waals surface area contributed by atoms with Gasteiger partial charge in [-0.25, -0.2) is 0 Å². The van der Waals surface area contributed by atoms with Crippen molar-refractivity contribution in [1.29, 1.82) is 0 Å². The van der Waals surface area contributed by atoms with Gasteiger partial charge in [-0.15, -0.1) is 15.3 Å². The third-order valence-corrected chi connectivity index (χ3v) is 4.24. The first-order valence-corrected chi connectivity index (χ1v) is 7.52. The molecule has 3 heterocycles. The number of amides is 1. The Morgan fingerprint density at radius 1 is 1.23 bits per heavy atom. The molecule has 2 atom stereocenters. The Morgan fingerprint density at radius 2 is 1.95 bits per heavy atom. The van der Waals surface area contributed by atoms with Crippen LogP contribution in [0.25, 0.3) is 5.65 Å². The number of piperazine rings is 1. The van der Waals surface area contributed by atoms with Crippen LogP contribution in [0, 0.1) is 5.92 Å². The summed E-state index contributed by atoms with van der Waals surface area (Å²) in [6.45, 7) is 6.67. The molecule has 0 spiro atoms. The Hall–Kier alpha value is -2.22. The number of carbonyl (C=O) groups is 1. The summed E-state index contributed by atoms with van der Waals surface area (Å²) in [7, 11) is 0. The first-order valence-electron chi connectivity index (χ1n) is 7.52. The van der Waals surface area contributed by atoms with E-state index in [1.807, 2.05) is 30.9 Å². The van der Waals surface area contributed by atoms with Crippen molar-refractivity contribution in [3.8, 4) is 0 Å². The Morgan fingerprint density at radius 3 is 2.64 bits per heavy atom. The van der Waals surface area contributed by atoms with E-state index >= 15 is 0 Å². The van der Waals surface area contributed by atoms with Gasteiger partial charge in [-0.3, -0.25) is 4.79 Å². The minimum absolute atomic E-state index is 0.122. The minimum atomic E-state index is -0.141. The standard InChI is InChI=1S/C14H21N7O/c1-10(11(2)15)14(22)20-7-5-19(6-8-20)13-4-3-12-17-16-9-21(12)18-13/h3-4,9-11H,5-8,15H2,1-2H3. The number of fused-ring (bicyclic) bond motifs is 1. The molecule has 2 N–H and O–H groups in total. The molecular weight excluding hydrogens is 282 g/mol.